The number of benzene rings is 1. The summed E-state index contributed by atoms with van der Waals surface area (Å²) in [5.41, 5.74) is 2.11. The van der Waals surface area contributed by atoms with Crippen molar-refractivity contribution >= 4 is 22.8 Å². The molecule has 124 valence electrons. The quantitative estimate of drug-likeness (QED) is 0.794. The molecule has 1 aliphatic rings. The number of piperazine rings is 1. The Morgan fingerprint density at radius 1 is 1.21 bits per heavy atom. The summed E-state index contributed by atoms with van der Waals surface area (Å²) in [6.07, 6.45) is 2.35. The third kappa shape index (κ3) is 2.73. The Kier molecular flexibility index (Phi) is 3.68. The van der Waals surface area contributed by atoms with E-state index in [9.17, 15) is 4.79 Å². The lowest BCUT2D eigenvalue weighted by Gasteiger charge is -2.33. The Balaban J connectivity index is 1.39. The molecule has 7 heteroatoms. The van der Waals surface area contributed by atoms with Gasteiger partial charge in [0, 0.05) is 50.2 Å². The molecule has 1 aromatic carbocycles. The van der Waals surface area contributed by atoms with Crippen molar-refractivity contribution in [2.75, 3.05) is 31.1 Å². The summed E-state index contributed by atoms with van der Waals surface area (Å²) < 4.78 is 5.45. The first-order chi connectivity index (χ1) is 11.7. The molecule has 0 bridgehead atoms. The Labute approximate surface area is 139 Å². The van der Waals surface area contributed by atoms with Gasteiger partial charge in [0.2, 0.25) is 11.8 Å². The molecule has 1 amide bonds. The van der Waals surface area contributed by atoms with E-state index in [-0.39, 0.29) is 5.91 Å². The SMILES string of the molecule is Cc1nnc(N2CCN(C(=O)Cc3c[nH]c4ccccc34)CC2)o1. The minimum Gasteiger partial charge on any atom is -0.408 e. The van der Waals surface area contributed by atoms with Crippen LogP contribution >= 0.6 is 0 Å². The normalized spacial score (nSPS) is 15.2. The van der Waals surface area contributed by atoms with E-state index in [1.807, 2.05) is 40.3 Å². The maximum atomic E-state index is 12.6. The molecule has 0 unspecified atom stereocenters. The minimum atomic E-state index is 0.154. The van der Waals surface area contributed by atoms with Crippen LogP contribution < -0.4 is 4.90 Å². The zero-order valence-corrected chi connectivity index (χ0v) is 13.5. The first kappa shape index (κ1) is 14.7. The summed E-state index contributed by atoms with van der Waals surface area (Å²) >= 11 is 0. The molecule has 1 N–H and O–H groups in total. The number of hydrogen-bond donors (Lipinski definition) is 1. The maximum Gasteiger partial charge on any atom is 0.318 e. The molecule has 1 fully saturated rings. The molecule has 3 aromatic rings. The average molecular weight is 325 g/mol. The molecule has 0 atom stereocenters. The molecule has 3 heterocycles. The van der Waals surface area contributed by atoms with Gasteiger partial charge >= 0.3 is 6.01 Å². The first-order valence-electron chi connectivity index (χ1n) is 8.08. The predicted molar refractivity (Wildman–Crippen MR) is 89.8 cm³/mol. The van der Waals surface area contributed by atoms with Crippen LogP contribution in [0.25, 0.3) is 10.9 Å². The number of carbonyl (C=O) groups is 1. The number of rotatable bonds is 3. The smallest absolute Gasteiger partial charge is 0.318 e. The number of para-hydroxylation sites is 1. The number of fused-ring (bicyclic) bond motifs is 1. The molecule has 24 heavy (non-hydrogen) atoms. The maximum absolute atomic E-state index is 12.6. The van der Waals surface area contributed by atoms with Crippen molar-refractivity contribution in [3.63, 3.8) is 0 Å². The van der Waals surface area contributed by atoms with Crippen LogP contribution in [-0.4, -0.2) is 52.2 Å². The summed E-state index contributed by atoms with van der Waals surface area (Å²) in [6.45, 7) is 4.53. The van der Waals surface area contributed by atoms with E-state index >= 15 is 0 Å². The van der Waals surface area contributed by atoms with Gasteiger partial charge in [-0.1, -0.05) is 23.3 Å². The monoisotopic (exact) mass is 325 g/mol. The molecule has 7 nitrogen and oxygen atoms in total. The highest BCUT2D eigenvalue weighted by molar-refractivity contribution is 5.89. The van der Waals surface area contributed by atoms with Crippen LogP contribution in [0.3, 0.4) is 0 Å². The van der Waals surface area contributed by atoms with Crippen molar-refractivity contribution in [1.82, 2.24) is 20.1 Å². The molecule has 0 spiro atoms. The molecule has 0 radical (unpaired) electrons. The molecule has 2 aromatic heterocycles. The van der Waals surface area contributed by atoms with Gasteiger partial charge in [-0.05, 0) is 11.6 Å². The second-order valence-electron chi connectivity index (χ2n) is 6.01. The van der Waals surface area contributed by atoms with Gasteiger partial charge in [-0.15, -0.1) is 5.10 Å². The minimum absolute atomic E-state index is 0.154. The third-order valence-electron chi connectivity index (χ3n) is 4.43. The predicted octanol–water partition coefficient (Wildman–Crippen LogP) is 1.75. The molecular weight excluding hydrogens is 306 g/mol. The number of nitrogens with zero attached hydrogens (tertiary/aromatic N) is 4. The summed E-state index contributed by atoms with van der Waals surface area (Å²) in [7, 11) is 0. The average Bonchev–Trinajstić information content (AvgIpc) is 3.22. The summed E-state index contributed by atoms with van der Waals surface area (Å²) in [6, 6.07) is 8.59. The number of carbonyl (C=O) groups excluding carboxylic acids is 1. The molecule has 4 rings (SSSR count). The van der Waals surface area contributed by atoms with Gasteiger partial charge in [-0.25, -0.2) is 0 Å². The van der Waals surface area contributed by atoms with E-state index in [4.69, 9.17) is 4.42 Å². The number of nitrogens with one attached hydrogen (secondary N) is 1. The second kappa shape index (κ2) is 5.99. The van der Waals surface area contributed by atoms with Gasteiger partial charge in [-0.3, -0.25) is 4.79 Å². The Hall–Kier alpha value is -2.83. The van der Waals surface area contributed by atoms with Crippen molar-refractivity contribution in [3.8, 4) is 0 Å². The number of aromatic amines is 1. The van der Waals surface area contributed by atoms with E-state index in [2.05, 4.69) is 15.2 Å². The van der Waals surface area contributed by atoms with E-state index in [0.29, 0.717) is 44.5 Å². The van der Waals surface area contributed by atoms with Crippen molar-refractivity contribution in [2.45, 2.75) is 13.3 Å². The van der Waals surface area contributed by atoms with Gasteiger partial charge in [0.1, 0.15) is 0 Å². The summed E-state index contributed by atoms with van der Waals surface area (Å²) in [5, 5.41) is 9.00. The zero-order chi connectivity index (χ0) is 16.5. The highest BCUT2D eigenvalue weighted by Gasteiger charge is 2.24. The Morgan fingerprint density at radius 3 is 2.75 bits per heavy atom. The van der Waals surface area contributed by atoms with Gasteiger partial charge in [0.15, 0.2) is 0 Å². The van der Waals surface area contributed by atoms with Crippen LogP contribution in [0.5, 0.6) is 0 Å². The standard InChI is InChI=1S/C17H19N5O2/c1-12-19-20-17(24-12)22-8-6-21(7-9-22)16(23)10-13-11-18-15-5-3-2-4-14(13)15/h2-5,11,18H,6-10H2,1H3. The third-order valence-corrected chi connectivity index (χ3v) is 4.43. The van der Waals surface area contributed by atoms with Crippen molar-refractivity contribution in [1.29, 1.82) is 0 Å². The largest absolute Gasteiger partial charge is 0.408 e. The van der Waals surface area contributed by atoms with Crippen LogP contribution in [0.15, 0.2) is 34.9 Å². The lowest BCUT2D eigenvalue weighted by atomic mass is 10.1. The fraction of sp³-hybridized carbons (Fsp3) is 0.353. The van der Waals surface area contributed by atoms with Gasteiger partial charge in [0.05, 0.1) is 6.42 Å². The summed E-state index contributed by atoms with van der Waals surface area (Å²) in [4.78, 5) is 19.7. The van der Waals surface area contributed by atoms with Gasteiger partial charge < -0.3 is 19.2 Å². The number of hydrogen-bond acceptors (Lipinski definition) is 5. The number of aryl methyl sites for hydroxylation is 1. The van der Waals surface area contributed by atoms with E-state index in [1.54, 1.807) is 6.92 Å². The van der Waals surface area contributed by atoms with Crippen molar-refractivity contribution in [3.05, 3.63) is 41.9 Å². The topological polar surface area (TPSA) is 78.3 Å². The Morgan fingerprint density at radius 2 is 2.00 bits per heavy atom. The number of amides is 1. The van der Waals surface area contributed by atoms with Crippen LogP contribution in [0.1, 0.15) is 11.5 Å². The van der Waals surface area contributed by atoms with E-state index in [1.165, 1.54) is 0 Å². The molecule has 1 aliphatic heterocycles. The number of aromatic nitrogens is 3. The van der Waals surface area contributed by atoms with Crippen LogP contribution in [0.2, 0.25) is 0 Å². The Bertz CT molecular complexity index is 861. The van der Waals surface area contributed by atoms with Gasteiger partial charge in [-0.2, -0.15) is 0 Å². The lowest BCUT2D eigenvalue weighted by Crippen LogP contribution is -2.49. The number of H-pyrrole nitrogens is 1. The molecule has 0 aliphatic carbocycles. The van der Waals surface area contributed by atoms with Crippen LogP contribution in [0, 0.1) is 6.92 Å². The van der Waals surface area contributed by atoms with E-state index in [0.717, 1.165) is 16.5 Å². The molecular formula is C17H19N5O2. The second-order valence-corrected chi connectivity index (χ2v) is 6.01. The van der Waals surface area contributed by atoms with Crippen LogP contribution in [-0.2, 0) is 11.2 Å². The van der Waals surface area contributed by atoms with Crippen molar-refractivity contribution < 1.29 is 9.21 Å². The fourth-order valence-corrected chi connectivity index (χ4v) is 3.11. The molecule has 1 saturated heterocycles. The number of anilines is 1. The highest BCUT2D eigenvalue weighted by Crippen LogP contribution is 2.20. The summed E-state index contributed by atoms with van der Waals surface area (Å²) in [5.74, 6) is 0.712. The first-order valence-corrected chi connectivity index (χ1v) is 8.08. The van der Waals surface area contributed by atoms with Crippen LogP contribution in [0.4, 0.5) is 6.01 Å². The highest BCUT2D eigenvalue weighted by atomic mass is 16.4. The van der Waals surface area contributed by atoms with Gasteiger partial charge in [0.25, 0.3) is 0 Å². The lowest BCUT2D eigenvalue weighted by molar-refractivity contribution is -0.130. The molecule has 0 saturated carbocycles. The fourth-order valence-electron chi connectivity index (χ4n) is 3.11. The van der Waals surface area contributed by atoms with E-state index < -0.39 is 0 Å². The van der Waals surface area contributed by atoms with Crippen molar-refractivity contribution in [2.24, 2.45) is 0 Å². The zero-order valence-electron chi connectivity index (χ0n) is 13.5.